The number of fused-ring (bicyclic) bond motifs is 6. The van der Waals surface area contributed by atoms with E-state index in [2.05, 4.69) is 213 Å². The second-order valence-corrected chi connectivity index (χ2v) is 19.6. The van der Waals surface area contributed by atoms with Gasteiger partial charge in [-0.15, -0.1) is 0 Å². The van der Waals surface area contributed by atoms with Gasteiger partial charge >= 0.3 is 6.18 Å². The Morgan fingerprint density at radius 3 is 0.986 bits per heavy atom. The van der Waals surface area contributed by atoms with Gasteiger partial charge in [0.1, 0.15) is 0 Å². The number of aromatic nitrogens is 2. The number of hydrogen-bond acceptors (Lipinski definition) is 1. The molecule has 0 N–H and O–H groups in total. The van der Waals surface area contributed by atoms with E-state index >= 15 is 0 Å². The van der Waals surface area contributed by atoms with Crippen molar-refractivity contribution in [3.8, 4) is 73.1 Å². The Bertz CT molecular complexity index is 3830. The minimum Gasteiger partial charge on any atom is -0.308 e. The number of rotatable bonds is 7. The molecule has 10 aromatic carbocycles. The highest BCUT2D eigenvalue weighted by atomic mass is 19.4. The lowest BCUT2D eigenvalue weighted by Crippen LogP contribution is -2.08. The molecule has 0 atom stereocenters. The molecule has 12 rings (SSSR count). The smallest absolute Gasteiger partial charge is 0.308 e. The predicted octanol–water partition coefficient (Wildman–Crippen LogP) is 18.6. The maximum absolute atomic E-state index is 14.6. The summed E-state index contributed by atoms with van der Waals surface area (Å²) in [6, 6.07) is 70.3. The lowest BCUT2D eigenvalue weighted by Gasteiger charge is -2.22. The molecule has 0 fully saturated rings. The van der Waals surface area contributed by atoms with Crippen LogP contribution in [0.1, 0.15) is 38.9 Å². The van der Waals surface area contributed by atoms with Crippen LogP contribution in [0.4, 0.5) is 13.2 Å². The summed E-state index contributed by atoms with van der Waals surface area (Å²) < 4.78 is 48.1. The van der Waals surface area contributed by atoms with E-state index in [9.17, 15) is 18.4 Å². The van der Waals surface area contributed by atoms with Crippen molar-refractivity contribution in [3.63, 3.8) is 0 Å². The van der Waals surface area contributed by atoms with Gasteiger partial charge in [0.15, 0.2) is 0 Å². The van der Waals surface area contributed by atoms with E-state index in [4.69, 9.17) is 0 Å². The average Bonchev–Trinajstić information content (AvgIpc) is 3.90. The Hall–Kier alpha value is -8.92. The number of aryl methyl sites for hydroxylation is 5. The van der Waals surface area contributed by atoms with Gasteiger partial charge in [0.25, 0.3) is 0 Å². The predicted molar refractivity (Wildman–Crippen MR) is 296 cm³/mol. The molecule has 73 heavy (non-hydrogen) atoms. The van der Waals surface area contributed by atoms with Crippen molar-refractivity contribution >= 4 is 43.6 Å². The van der Waals surface area contributed by atoms with Crippen molar-refractivity contribution in [2.45, 2.75) is 40.8 Å². The Kier molecular flexibility index (Phi) is 10.8. The van der Waals surface area contributed by atoms with Gasteiger partial charge in [0.2, 0.25) is 0 Å². The lowest BCUT2D eigenvalue weighted by molar-refractivity contribution is -0.137. The highest BCUT2D eigenvalue weighted by Gasteiger charge is 2.32. The van der Waals surface area contributed by atoms with E-state index in [0.29, 0.717) is 33.6 Å². The summed E-state index contributed by atoms with van der Waals surface area (Å²) in [7, 11) is 0. The van der Waals surface area contributed by atoms with Crippen LogP contribution in [0.3, 0.4) is 0 Å². The third-order valence-electron chi connectivity index (χ3n) is 14.5. The van der Waals surface area contributed by atoms with Crippen LogP contribution in [0.5, 0.6) is 0 Å². The number of nitrogens with zero attached hydrogens (tertiary/aromatic N) is 3. The number of nitriles is 1. The normalized spacial score (nSPS) is 11.8. The molecule has 6 heteroatoms. The Morgan fingerprint density at radius 1 is 0.370 bits per heavy atom. The summed E-state index contributed by atoms with van der Waals surface area (Å²) in [5.41, 5.74) is 19.6. The largest absolute Gasteiger partial charge is 0.416 e. The zero-order chi connectivity index (χ0) is 50.3. The third-order valence-corrected chi connectivity index (χ3v) is 14.5. The summed E-state index contributed by atoms with van der Waals surface area (Å²) in [6.07, 6.45) is -4.55. The van der Waals surface area contributed by atoms with E-state index in [1.165, 1.54) is 12.1 Å². The van der Waals surface area contributed by atoms with E-state index in [1.54, 1.807) is 13.0 Å². The van der Waals surface area contributed by atoms with E-state index in [-0.39, 0.29) is 0 Å². The first-order chi connectivity index (χ1) is 35.3. The molecule has 0 aliphatic rings. The first-order valence-electron chi connectivity index (χ1n) is 24.5. The molecule has 0 aliphatic heterocycles. The maximum atomic E-state index is 14.6. The van der Waals surface area contributed by atoms with Crippen LogP contribution in [0.15, 0.2) is 200 Å². The molecule has 0 saturated heterocycles. The molecule has 0 aliphatic carbocycles. The van der Waals surface area contributed by atoms with Crippen LogP contribution < -0.4 is 0 Å². The van der Waals surface area contributed by atoms with Crippen molar-refractivity contribution < 1.29 is 13.2 Å². The van der Waals surface area contributed by atoms with Crippen molar-refractivity contribution in [3.05, 3.63) is 239 Å². The van der Waals surface area contributed by atoms with Crippen LogP contribution in [0.25, 0.3) is 111 Å². The molecular formula is C67H48F3N3. The van der Waals surface area contributed by atoms with Crippen LogP contribution in [0.2, 0.25) is 0 Å². The minimum absolute atomic E-state index is 0.406. The van der Waals surface area contributed by atoms with Crippen molar-refractivity contribution in [1.29, 1.82) is 5.26 Å². The monoisotopic (exact) mass is 951 g/mol. The van der Waals surface area contributed by atoms with Crippen LogP contribution in [0, 0.1) is 45.9 Å². The Morgan fingerprint density at radius 2 is 0.699 bits per heavy atom. The summed E-state index contributed by atoms with van der Waals surface area (Å²) in [5, 5.41) is 15.1. The molecular weight excluding hydrogens is 904 g/mol. The van der Waals surface area contributed by atoms with E-state index < -0.39 is 11.7 Å². The van der Waals surface area contributed by atoms with E-state index in [1.807, 2.05) is 12.1 Å². The molecule has 12 aromatic rings. The van der Waals surface area contributed by atoms with Crippen molar-refractivity contribution in [2.24, 2.45) is 0 Å². The van der Waals surface area contributed by atoms with Gasteiger partial charge in [-0.05, 0) is 163 Å². The zero-order valence-electron chi connectivity index (χ0n) is 41.0. The molecule has 0 amide bonds. The van der Waals surface area contributed by atoms with Crippen LogP contribution in [-0.4, -0.2) is 9.13 Å². The Balaban J connectivity index is 1.21. The van der Waals surface area contributed by atoms with Crippen LogP contribution >= 0.6 is 0 Å². The topological polar surface area (TPSA) is 33.6 Å². The molecule has 352 valence electrons. The highest BCUT2D eigenvalue weighted by Crippen LogP contribution is 2.47. The summed E-state index contributed by atoms with van der Waals surface area (Å²) in [4.78, 5) is 0. The molecule has 0 spiro atoms. The molecule has 3 nitrogen and oxygen atoms in total. The summed E-state index contributed by atoms with van der Waals surface area (Å²) >= 11 is 0. The second kappa shape index (κ2) is 17.4. The van der Waals surface area contributed by atoms with Gasteiger partial charge in [0, 0.05) is 27.1 Å². The van der Waals surface area contributed by atoms with Gasteiger partial charge in [-0.2, -0.15) is 18.4 Å². The molecule has 0 bridgehead atoms. The fourth-order valence-corrected chi connectivity index (χ4v) is 11.0. The van der Waals surface area contributed by atoms with Gasteiger partial charge in [-0.3, -0.25) is 0 Å². The number of alkyl halides is 3. The fraction of sp³-hybridized carbons (Fsp3) is 0.0896. The molecule has 0 unspecified atom stereocenters. The minimum atomic E-state index is -4.55. The van der Waals surface area contributed by atoms with E-state index in [0.717, 1.165) is 110 Å². The highest BCUT2D eigenvalue weighted by molar-refractivity contribution is 6.14. The standard InChI is InChI=1S/C67H48F3N3/c1-40-10-6-14-46(28-40)50-18-24-60-56(35-50)57-36-51(47-15-7-11-41(2)29-47)19-25-61(57)72(60)64-33-45(39-71)34-65(66(64)55-23-22-54(32-44(55)5)67(68,69)70)73-62-26-20-52(48-16-8-12-42(3)30-48)37-58(62)59-38-53(21-27-63(59)73)49-17-9-13-43(4)31-49/h6-38H,1-5H3. The van der Waals surface area contributed by atoms with Crippen molar-refractivity contribution in [1.82, 2.24) is 9.13 Å². The van der Waals surface area contributed by atoms with Gasteiger partial charge in [-0.1, -0.05) is 150 Å². The second-order valence-electron chi connectivity index (χ2n) is 19.6. The van der Waals surface area contributed by atoms with Crippen LogP contribution in [-0.2, 0) is 6.18 Å². The number of benzene rings is 10. The molecule has 0 radical (unpaired) electrons. The lowest BCUT2D eigenvalue weighted by atomic mass is 9.93. The maximum Gasteiger partial charge on any atom is 0.416 e. The fourth-order valence-electron chi connectivity index (χ4n) is 11.0. The number of hydrogen-bond donors (Lipinski definition) is 0. The first kappa shape index (κ1) is 45.2. The molecule has 2 aromatic heterocycles. The molecule has 0 saturated carbocycles. The zero-order valence-corrected chi connectivity index (χ0v) is 41.0. The first-order valence-corrected chi connectivity index (χ1v) is 24.5. The number of halogens is 3. The Labute approximate surface area is 422 Å². The molecule has 2 heterocycles. The third kappa shape index (κ3) is 7.95. The van der Waals surface area contributed by atoms with Crippen molar-refractivity contribution in [2.75, 3.05) is 0 Å². The van der Waals surface area contributed by atoms with Gasteiger partial charge < -0.3 is 9.13 Å². The summed E-state index contributed by atoms with van der Waals surface area (Å²) in [5.74, 6) is 0. The summed E-state index contributed by atoms with van der Waals surface area (Å²) in [6.45, 7) is 10.1. The SMILES string of the molecule is Cc1cccc(-c2ccc3c(c2)c2cc(-c4cccc(C)c4)ccc2n3-c2cc(C#N)cc(-n3c4ccc(-c5cccc(C)c5)cc4c4cc(-c5cccc(C)c5)ccc43)c2-c2ccc(C(F)(F)F)cc2C)c1. The average molecular weight is 952 g/mol. The quantitative estimate of drug-likeness (QED) is 0.157. The van der Waals surface area contributed by atoms with Gasteiger partial charge in [-0.25, -0.2) is 0 Å². The van der Waals surface area contributed by atoms with Gasteiger partial charge in [0.05, 0.1) is 50.6 Å².